The molecule has 0 radical (unpaired) electrons. The van der Waals surface area contributed by atoms with Crippen LogP contribution in [0.2, 0.25) is 0 Å². The minimum atomic E-state index is -0.506. The number of anilines is 4. The smallest absolute Gasteiger partial charge is 0.255 e. The number of para-hydroxylation sites is 1. The van der Waals surface area contributed by atoms with Crippen molar-refractivity contribution in [2.45, 2.75) is 6.92 Å². The van der Waals surface area contributed by atoms with Gasteiger partial charge in [-0.25, -0.2) is 9.37 Å². The lowest BCUT2D eigenvalue weighted by Gasteiger charge is -2.10. The zero-order valence-corrected chi connectivity index (χ0v) is 14.5. The van der Waals surface area contributed by atoms with E-state index in [0.29, 0.717) is 22.8 Å². The van der Waals surface area contributed by atoms with E-state index in [4.69, 9.17) is 0 Å². The standard InChI is InChI=1S/C20H17FN4O2/c1-13(26)23-15-5-4-6-16(12-15)24-19-11-14(9-10-22-19)20(27)25-18-8-3-2-7-17(18)21/h2-12H,1H3,(H,22,24)(H,23,26)(H,25,27). The van der Waals surface area contributed by atoms with Gasteiger partial charge in [0.25, 0.3) is 5.91 Å². The van der Waals surface area contributed by atoms with Crippen LogP contribution in [-0.4, -0.2) is 16.8 Å². The first-order valence-corrected chi connectivity index (χ1v) is 8.18. The van der Waals surface area contributed by atoms with E-state index in [2.05, 4.69) is 20.9 Å². The van der Waals surface area contributed by atoms with Gasteiger partial charge in [0.1, 0.15) is 11.6 Å². The summed E-state index contributed by atoms with van der Waals surface area (Å²) in [5, 5.41) is 8.30. The molecule has 0 fully saturated rings. The maximum atomic E-state index is 13.7. The number of rotatable bonds is 5. The van der Waals surface area contributed by atoms with Crippen molar-refractivity contribution in [3.05, 3.63) is 78.2 Å². The molecule has 0 aliphatic carbocycles. The minimum Gasteiger partial charge on any atom is -0.340 e. The predicted molar refractivity (Wildman–Crippen MR) is 103 cm³/mol. The van der Waals surface area contributed by atoms with E-state index in [1.165, 1.54) is 31.3 Å². The predicted octanol–water partition coefficient (Wildman–Crippen LogP) is 4.18. The Kier molecular flexibility index (Phi) is 5.41. The van der Waals surface area contributed by atoms with Crippen LogP contribution in [0.25, 0.3) is 0 Å². The molecular formula is C20H17FN4O2. The Balaban J connectivity index is 1.75. The monoisotopic (exact) mass is 364 g/mol. The summed E-state index contributed by atoms with van der Waals surface area (Å²) >= 11 is 0. The number of hydrogen-bond acceptors (Lipinski definition) is 4. The lowest BCUT2D eigenvalue weighted by Crippen LogP contribution is -2.13. The van der Waals surface area contributed by atoms with Crippen molar-refractivity contribution in [2.75, 3.05) is 16.0 Å². The number of nitrogens with one attached hydrogen (secondary N) is 3. The summed E-state index contributed by atoms with van der Waals surface area (Å²) < 4.78 is 13.7. The third-order valence-electron chi connectivity index (χ3n) is 3.60. The second-order valence-electron chi connectivity index (χ2n) is 5.75. The van der Waals surface area contributed by atoms with E-state index in [0.717, 1.165) is 0 Å². The second-order valence-corrected chi connectivity index (χ2v) is 5.75. The van der Waals surface area contributed by atoms with Crippen LogP contribution >= 0.6 is 0 Å². The highest BCUT2D eigenvalue weighted by Gasteiger charge is 2.10. The molecule has 7 heteroatoms. The zero-order chi connectivity index (χ0) is 19.2. The quantitative estimate of drug-likeness (QED) is 0.634. The summed E-state index contributed by atoms with van der Waals surface area (Å²) in [5.74, 6) is -0.682. The molecule has 3 N–H and O–H groups in total. The van der Waals surface area contributed by atoms with Crippen LogP contribution in [0.4, 0.5) is 27.3 Å². The van der Waals surface area contributed by atoms with Crippen molar-refractivity contribution in [1.29, 1.82) is 0 Å². The molecule has 0 bridgehead atoms. The molecule has 1 aromatic heterocycles. The third-order valence-corrected chi connectivity index (χ3v) is 3.60. The van der Waals surface area contributed by atoms with Gasteiger partial charge in [0.15, 0.2) is 0 Å². The van der Waals surface area contributed by atoms with Crippen LogP contribution < -0.4 is 16.0 Å². The molecule has 0 aliphatic heterocycles. The molecule has 6 nitrogen and oxygen atoms in total. The van der Waals surface area contributed by atoms with Crippen LogP contribution in [0.5, 0.6) is 0 Å². The van der Waals surface area contributed by atoms with Crippen LogP contribution in [0, 0.1) is 5.82 Å². The van der Waals surface area contributed by atoms with Crippen molar-refractivity contribution >= 4 is 34.7 Å². The molecule has 2 amide bonds. The van der Waals surface area contributed by atoms with Gasteiger partial charge >= 0.3 is 0 Å². The Bertz CT molecular complexity index is 991. The third kappa shape index (κ3) is 4.88. The summed E-state index contributed by atoms with van der Waals surface area (Å²) in [7, 11) is 0. The first-order chi connectivity index (χ1) is 13.0. The number of carbonyl (C=O) groups is 2. The van der Waals surface area contributed by atoms with E-state index < -0.39 is 11.7 Å². The molecule has 0 unspecified atom stereocenters. The van der Waals surface area contributed by atoms with E-state index in [1.807, 2.05) is 0 Å². The molecule has 2 aromatic carbocycles. The highest BCUT2D eigenvalue weighted by molar-refractivity contribution is 6.04. The summed E-state index contributed by atoms with van der Waals surface area (Å²) in [6.07, 6.45) is 1.48. The van der Waals surface area contributed by atoms with Crippen LogP contribution in [0.15, 0.2) is 66.9 Å². The fraction of sp³-hybridized carbons (Fsp3) is 0.0500. The molecule has 0 atom stereocenters. The molecule has 0 aliphatic rings. The van der Waals surface area contributed by atoms with Gasteiger partial charge in [0.2, 0.25) is 5.91 Å². The summed E-state index contributed by atoms with van der Waals surface area (Å²) in [6.45, 7) is 1.43. The van der Waals surface area contributed by atoms with Crippen molar-refractivity contribution in [3.8, 4) is 0 Å². The van der Waals surface area contributed by atoms with Gasteiger partial charge in [0.05, 0.1) is 5.69 Å². The maximum absolute atomic E-state index is 13.7. The average Bonchev–Trinajstić information content (AvgIpc) is 2.63. The van der Waals surface area contributed by atoms with Crippen molar-refractivity contribution in [3.63, 3.8) is 0 Å². The van der Waals surface area contributed by atoms with Crippen molar-refractivity contribution in [2.24, 2.45) is 0 Å². The van der Waals surface area contributed by atoms with Crippen LogP contribution in [0.1, 0.15) is 17.3 Å². The molecule has 0 saturated heterocycles. The Labute approximate surface area is 155 Å². The Morgan fingerprint density at radius 3 is 2.48 bits per heavy atom. The van der Waals surface area contributed by atoms with Gasteiger partial charge in [-0.3, -0.25) is 9.59 Å². The minimum absolute atomic E-state index is 0.108. The van der Waals surface area contributed by atoms with Crippen molar-refractivity contribution < 1.29 is 14.0 Å². The van der Waals surface area contributed by atoms with Gasteiger partial charge in [-0.2, -0.15) is 0 Å². The number of halogens is 1. The lowest BCUT2D eigenvalue weighted by molar-refractivity contribution is -0.114. The maximum Gasteiger partial charge on any atom is 0.255 e. The van der Waals surface area contributed by atoms with E-state index >= 15 is 0 Å². The molecule has 3 rings (SSSR count). The first-order valence-electron chi connectivity index (χ1n) is 8.18. The van der Waals surface area contributed by atoms with Gasteiger partial charge in [-0.05, 0) is 42.5 Å². The van der Waals surface area contributed by atoms with E-state index in [-0.39, 0.29) is 11.6 Å². The van der Waals surface area contributed by atoms with Crippen LogP contribution in [0.3, 0.4) is 0 Å². The number of aromatic nitrogens is 1. The average molecular weight is 364 g/mol. The highest BCUT2D eigenvalue weighted by atomic mass is 19.1. The van der Waals surface area contributed by atoms with Gasteiger partial charge in [0, 0.05) is 30.1 Å². The normalized spacial score (nSPS) is 10.1. The molecule has 0 saturated carbocycles. The summed E-state index contributed by atoms with van der Waals surface area (Å²) in [5.41, 5.74) is 1.77. The number of carbonyl (C=O) groups excluding carboxylic acids is 2. The Hall–Kier alpha value is -3.74. The number of pyridine rings is 1. The molecule has 136 valence electrons. The molecule has 1 heterocycles. The molecular weight excluding hydrogens is 347 g/mol. The van der Waals surface area contributed by atoms with Gasteiger partial charge in [-0.1, -0.05) is 18.2 Å². The number of nitrogens with zero attached hydrogens (tertiary/aromatic N) is 1. The van der Waals surface area contributed by atoms with Gasteiger partial charge in [-0.15, -0.1) is 0 Å². The largest absolute Gasteiger partial charge is 0.340 e. The van der Waals surface area contributed by atoms with Crippen LogP contribution in [-0.2, 0) is 4.79 Å². The number of hydrogen-bond donors (Lipinski definition) is 3. The van der Waals surface area contributed by atoms with E-state index in [9.17, 15) is 14.0 Å². The zero-order valence-electron chi connectivity index (χ0n) is 14.5. The number of amides is 2. The first kappa shape index (κ1) is 18.1. The molecule has 3 aromatic rings. The topological polar surface area (TPSA) is 83.1 Å². The fourth-order valence-corrected chi connectivity index (χ4v) is 2.42. The fourth-order valence-electron chi connectivity index (χ4n) is 2.42. The van der Waals surface area contributed by atoms with E-state index in [1.54, 1.807) is 42.5 Å². The Morgan fingerprint density at radius 1 is 0.926 bits per heavy atom. The summed E-state index contributed by atoms with van der Waals surface area (Å²) in [4.78, 5) is 27.7. The Morgan fingerprint density at radius 2 is 1.70 bits per heavy atom. The SMILES string of the molecule is CC(=O)Nc1cccc(Nc2cc(C(=O)Nc3ccccc3F)ccn2)c1. The van der Waals surface area contributed by atoms with Crippen molar-refractivity contribution in [1.82, 2.24) is 4.98 Å². The summed E-state index contributed by atoms with van der Waals surface area (Å²) in [6, 6.07) is 16.1. The second kappa shape index (κ2) is 8.09. The molecule has 0 spiro atoms. The highest BCUT2D eigenvalue weighted by Crippen LogP contribution is 2.20. The number of benzene rings is 2. The lowest BCUT2D eigenvalue weighted by atomic mass is 10.2. The molecule has 27 heavy (non-hydrogen) atoms. The van der Waals surface area contributed by atoms with Gasteiger partial charge < -0.3 is 16.0 Å².